The molecule has 72 heavy (non-hydrogen) atoms. The van der Waals surface area contributed by atoms with Gasteiger partial charge in [0, 0.05) is 46.7 Å². The first-order valence-corrected chi connectivity index (χ1v) is 25.7. The Labute approximate surface area is 428 Å². The van der Waals surface area contributed by atoms with Crippen LogP contribution in [0.3, 0.4) is 0 Å². The summed E-state index contributed by atoms with van der Waals surface area (Å²) in [5, 5.41) is 17.8. The average molecular weight is 998 g/mol. The number of fused-ring (bicyclic) bond motifs is 3. The smallest absolute Gasteiger partial charge is 0.410 e. The van der Waals surface area contributed by atoms with Crippen molar-refractivity contribution in [1.29, 1.82) is 0 Å². The van der Waals surface area contributed by atoms with Gasteiger partial charge in [-0.1, -0.05) is 120 Å². The van der Waals surface area contributed by atoms with E-state index < -0.39 is 77.6 Å². The van der Waals surface area contributed by atoms with Crippen LogP contribution in [0.4, 0.5) is 4.79 Å². The second-order valence-corrected chi connectivity index (χ2v) is 21.7. The molecule has 1 fully saturated rings. The van der Waals surface area contributed by atoms with E-state index in [1.165, 1.54) is 19.1 Å². The minimum atomic E-state index is -1.41. The molecule has 1 saturated heterocycles. The zero-order chi connectivity index (χ0) is 53.2. The van der Waals surface area contributed by atoms with Gasteiger partial charge in [-0.2, -0.15) is 0 Å². The second kappa shape index (κ2) is 25.1. The molecule has 9 atom stereocenters. The number of nitrogens with zero attached hydrogens (tertiary/aromatic N) is 3. The Kier molecular flexibility index (Phi) is 20.0. The van der Waals surface area contributed by atoms with Crippen molar-refractivity contribution in [3.8, 4) is 11.1 Å². The molecule has 2 aliphatic rings. The Hall–Kier alpha value is -5.35. The van der Waals surface area contributed by atoms with Crippen molar-refractivity contribution >= 4 is 29.8 Å². The number of ether oxygens (including phenoxy) is 4. The molecule has 0 aromatic heterocycles. The lowest BCUT2D eigenvalue weighted by atomic mass is 9.89. The predicted molar refractivity (Wildman–Crippen MR) is 279 cm³/mol. The maximum absolute atomic E-state index is 14.7. The lowest BCUT2D eigenvalue weighted by molar-refractivity contribution is -0.159. The van der Waals surface area contributed by atoms with E-state index in [2.05, 4.69) is 22.8 Å². The van der Waals surface area contributed by atoms with Gasteiger partial charge in [-0.05, 0) is 93.5 Å². The number of nitrogens with one attached hydrogen (secondary N) is 2. The van der Waals surface area contributed by atoms with Gasteiger partial charge in [0.1, 0.15) is 36.1 Å². The number of methoxy groups -OCH3 is 2. The van der Waals surface area contributed by atoms with E-state index >= 15 is 0 Å². The van der Waals surface area contributed by atoms with Crippen LogP contribution in [0.2, 0.25) is 0 Å². The largest absolute Gasteiger partial charge is 0.459 e. The van der Waals surface area contributed by atoms with E-state index in [0.29, 0.717) is 32.2 Å². The van der Waals surface area contributed by atoms with E-state index in [4.69, 9.17) is 18.9 Å². The number of benzene rings is 3. The molecular weight excluding hydrogens is 915 g/mol. The number of likely N-dealkylation sites (N-methyl/N-ethyl adjacent to an activating group) is 2. The summed E-state index contributed by atoms with van der Waals surface area (Å²) >= 11 is 0. The SMILES string of the molecule is CC[C@H](C)[C@@H]([C@@H](CC(=O)N1CCC[C@H]1[C@H](OC)[C@@H](C)C(O)N[C@@H](Cc1ccccc1)C(=O)OC(C)(C)C)OC)N(C)C(=O)[C@@H](NC(=O)C(C)(C)N(C)C(=O)OCC1c2ccccc2-c2ccccc21)C(C)C. The molecule has 3 N–H and O–H groups in total. The molecule has 0 bridgehead atoms. The van der Waals surface area contributed by atoms with E-state index in [0.717, 1.165) is 27.8 Å². The summed E-state index contributed by atoms with van der Waals surface area (Å²) in [5.41, 5.74) is 3.11. The molecule has 15 nitrogen and oxygen atoms in total. The highest BCUT2D eigenvalue weighted by atomic mass is 16.6. The second-order valence-electron chi connectivity index (χ2n) is 21.7. The van der Waals surface area contributed by atoms with Gasteiger partial charge in [0.05, 0.1) is 30.7 Å². The third-order valence-electron chi connectivity index (χ3n) is 14.9. The summed E-state index contributed by atoms with van der Waals surface area (Å²) < 4.78 is 23.8. The van der Waals surface area contributed by atoms with Crippen molar-refractivity contribution in [3.05, 3.63) is 95.6 Å². The molecule has 396 valence electrons. The van der Waals surface area contributed by atoms with Crippen molar-refractivity contribution < 1.29 is 48.0 Å². The highest BCUT2D eigenvalue weighted by Gasteiger charge is 2.45. The van der Waals surface area contributed by atoms with Gasteiger partial charge in [-0.3, -0.25) is 29.4 Å². The van der Waals surface area contributed by atoms with Crippen LogP contribution in [-0.2, 0) is 44.5 Å². The first-order valence-electron chi connectivity index (χ1n) is 25.7. The first-order chi connectivity index (χ1) is 34.0. The number of amides is 4. The normalized spacial score (nSPS) is 18.2. The van der Waals surface area contributed by atoms with Crippen LogP contribution in [0.15, 0.2) is 78.9 Å². The molecule has 3 aromatic rings. The molecule has 0 saturated carbocycles. The number of carbonyl (C=O) groups excluding carboxylic acids is 5. The van der Waals surface area contributed by atoms with Gasteiger partial charge >= 0.3 is 12.1 Å². The summed E-state index contributed by atoms with van der Waals surface area (Å²) in [7, 11) is 6.30. The minimum Gasteiger partial charge on any atom is -0.459 e. The Morgan fingerprint density at radius 3 is 1.96 bits per heavy atom. The minimum absolute atomic E-state index is 0.0420. The fourth-order valence-corrected chi connectivity index (χ4v) is 10.3. The average Bonchev–Trinajstić information content (AvgIpc) is 3.96. The molecule has 1 aliphatic heterocycles. The number of hydrogen-bond acceptors (Lipinski definition) is 11. The number of likely N-dealkylation sites (tertiary alicyclic amines) is 1. The van der Waals surface area contributed by atoms with E-state index in [-0.39, 0.29) is 42.6 Å². The highest BCUT2D eigenvalue weighted by molar-refractivity contribution is 5.94. The first kappa shape index (κ1) is 57.5. The van der Waals surface area contributed by atoms with Crippen LogP contribution >= 0.6 is 0 Å². The number of rotatable bonds is 23. The molecule has 1 unspecified atom stereocenters. The molecule has 3 aromatic carbocycles. The predicted octanol–water partition coefficient (Wildman–Crippen LogP) is 7.57. The van der Waals surface area contributed by atoms with Crippen molar-refractivity contribution in [2.45, 2.75) is 161 Å². The van der Waals surface area contributed by atoms with Gasteiger partial charge in [-0.15, -0.1) is 0 Å². The lowest BCUT2D eigenvalue weighted by Crippen LogP contribution is -2.62. The van der Waals surface area contributed by atoms with Gasteiger partial charge in [0.2, 0.25) is 17.7 Å². The quantitative estimate of drug-likeness (QED) is 0.0631. The van der Waals surface area contributed by atoms with Gasteiger partial charge in [0.15, 0.2) is 0 Å². The lowest BCUT2D eigenvalue weighted by Gasteiger charge is -2.41. The van der Waals surface area contributed by atoms with Crippen molar-refractivity contribution in [2.24, 2.45) is 17.8 Å². The fraction of sp³-hybridized carbons (Fsp3) is 0.596. The fourth-order valence-electron chi connectivity index (χ4n) is 10.3. The zero-order valence-electron chi connectivity index (χ0n) is 45.3. The molecule has 5 rings (SSSR count). The number of esters is 1. The number of hydrogen-bond donors (Lipinski definition) is 3. The Morgan fingerprint density at radius 1 is 0.833 bits per heavy atom. The van der Waals surface area contributed by atoms with E-state index in [1.807, 2.05) is 101 Å². The summed E-state index contributed by atoms with van der Waals surface area (Å²) in [5.74, 6) is -2.74. The van der Waals surface area contributed by atoms with Crippen LogP contribution in [-0.4, -0.2) is 145 Å². The standard InChI is InChI=1S/C57H83N5O10/c1-15-36(4)49(46(69-13)33-47(63)62-31-23-30-45(62)50(70-14)37(5)51(64)58-44(53(66)72-56(6,7)8)32-38-24-17-16-18-25-38)60(11)52(65)48(35(2)3)59-54(67)57(9,10)61(12)55(68)71-34-43-41-28-21-19-26-39(41)40-27-20-22-29-42(40)43/h16-22,24-29,35-37,43-46,48-51,58,64H,15,23,30-34H2,1-14H3,(H,59,67)/t36-,37+,44-,45-,46+,48-,49-,50+,51?/m0/s1. The maximum Gasteiger partial charge on any atom is 0.410 e. The topological polar surface area (TPSA) is 176 Å². The van der Waals surface area contributed by atoms with Gasteiger partial charge in [-0.25, -0.2) is 4.79 Å². The molecule has 1 heterocycles. The zero-order valence-corrected chi connectivity index (χ0v) is 45.3. The van der Waals surface area contributed by atoms with Crippen LogP contribution in [0.1, 0.15) is 118 Å². The third-order valence-corrected chi connectivity index (χ3v) is 14.9. The summed E-state index contributed by atoms with van der Waals surface area (Å²) in [6.45, 7) is 18.8. The molecule has 1 aliphatic carbocycles. The van der Waals surface area contributed by atoms with Crippen LogP contribution in [0.25, 0.3) is 11.1 Å². The van der Waals surface area contributed by atoms with E-state index in [9.17, 15) is 29.1 Å². The third kappa shape index (κ3) is 13.6. The molecular formula is C57H83N5O10. The number of aliphatic hydroxyl groups excluding tert-OH is 1. The summed E-state index contributed by atoms with van der Waals surface area (Å²) in [4.78, 5) is 75.3. The van der Waals surface area contributed by atoms with Crippen LogP contribution < -0.4 is 10.6 Å². The highest BCUT2D eigenvalue weighted by Crippen LogP contribution is 2.44. The molecule has 15 heteroatoms. The summed E-state index contributed by atoms with van der Waals surface area (Å²) in [6, 6.07) is 22.9. The van der Waals surface area contributed by atoms with Gasteiger partial charge < -0.3 is 39.2 Å². The molecule has 0 radical (unpaired) electrons. The Morgan fingerprint density at radius 2 is 1.42 bits per heavy atom. The van der Waals surface area contributed by atoms with Crippen LogP contribution in [0, 0.1) is 17.8 Å². The Bertz CT molecular complexity index is 2250. The summed E-state index contributed by atoms with van der Waals surface area (Å²) in [6.07, 6.45) is -0.917. The van der Waals surface area contributed by atoms with Crippen molar-refractivity contribution in [2.75, 3.05) is 41.5 Å². The van der Waals surface area contributed by atoms with Gasteiger partial charge in [0.25, 0.3) is 0 Å². The number of carbonyl (C=O) groups is 5. The molecule has 0 spiro atoms. The monoisotopic (exact) mass is 998 g/mol. The Balaban J connectivity index is 1.25. The van der Waals surface area contributed by atoms with Crippen molar-refractivity contribution in [3.63, 3.8) is 0 Å². The molecule has 4 amide bonds. The maximum atomic E-state index is 14.7. The van der Waals surface area contributed by atoms with Crippen molar-refractivity contribution in [1.82, 2.24) is 25.3 Å². The number of aliphatic hydroxyl groups is 1. The van der Waals surface area contributed by atoms with E-state index in [1.54, 1.807) is 58.6 Å². The van der Waals surface area contributed by atoms with Crippen LogP contribution in [0.5, 0.6) is 0 Å².